The van der Waals surface area contributed by atoms with Crippen LogP contribution in [0.4, 0.5) is 0 Å². The van der Waals surface area contributed by atoms with Gasteiger partial charge in [0.05, 0.1) is 6.04 Å². The number of aryl methyl sites for hydroxylation is 2. The summed E-state index contributed by atoms with van der Waals surface area (Å²) in [4.78, 5) is 18.4. The molecule has 3 atom stereocenters. The molecule has 148 valence electrons. The van der Waals surface area contributed by atoms with Crippen molar-refractivity contribution in [1.82, 2.24) is 20.0 Å². The van der Waals surface area contributed by atoms with E-state index in [1.54, 1.807) is 0 Å². The van der Waals surface area contributed by atoms with Gasteiger partial charge in [-0.3, -0.25) is 14.8 Å². The van der Waals surface area contributed by atoms with E-state index in [0.29, 0.717) is 29.6 Å². The van der Waals surface area contributed by atoms with Gasteiger partial charge in [-0.25, -0.2) is 0 Å². The Bertz CT molecular complexity index is 879. The number of hydrogen-bond acceptors (Lipinski definition) is 3. The summed E-state index contributed by atoms with van der Waals surface area (Å²) in [6, 6.07) is 9.71. The molecule has 5 nitrogen and oxygen atoms in total. The van der Waals surface area contributed by atoms with Crippen molar-refractivity contribution in [2.45, 2.75) is 58.0 Å². The van der Waals surface area contributed by atoms with Crippen molar-refractivity contribution in [3.63, 3.8) is 0 Å². The Balaban J connectivity index is 1.52. The maximum atomic E-state index is 13.6. The van der Waals surface area contributed by atoms with Crippen LogP contribution in [0.25, 0.3) is 0 Å². The van der Waals surface area contributed by atoms with Gasteiger partial charge in [-0.2, -0.15) is 5.10 Å². The summed E-state index contributed by atoms with van der Waals surface area (Å²) in [6.07, 6.45) is 3.30. The molecule has 4 aliphatic heterocycles. The van der Waals surface area contributed by atoms with E-state index in [1.807, 2.05) is 6.92 Å². The largest absolute Gasteiger partial charge is 0.332 e. The second kappa shape index (κ2) is 6.73. The second-order valence-electron chi connectivity index (χ2n) is 8.86. The molecule has 5 heterocycles. The molecule has 0 saturated carbocycles. The van der Waals surface area contributed by atoms with Crippen LogP contribution in [-0.4, -0.2) is 57.6 Å². The lowest BCUT2D eigenvalue weighted by atomic mass is 9.75. The second-order valence-corrected chi connectivity index (χ2v) is 8.86. The zero-order valence-corrected chi connectivity index (χ0v) is 17.1. The van der Waals surface area contributed by atoms with Gasteiger partial charge >= 0.3 is 0 Å². The van der Waals surface area contributed by atoms with Crippen molar-refractivity contribution in [3.05, 3.63) is 52.3 Å². The smallest absolute Gasteiger partial charge is 0.274 e. The van der Waals surface area contributed by atoms with Crippen LogP contribution in [0.2, 0.25) is 0 Å². The average molecular weight is 379 g/mol. The van der Waals surface area contributed by atoms with Crippen LogP contribution in [0.3, 0.4) is 0 Å². The highest BCUT2D eigenvalue weighted by Gasteiger charge is 2.55. The zero-order valence-electron chi connectivity index (χ0n) is 17.1. The van der Waals surface area contributed by atoms with Crippen LogP contribution in [0.5, 0.6) is 0 Å². The molecule has 2 bridgehead atoms. The van der Waals surface area contributed by atoms with Crippen LogP contribution < -0.4 is 0 Å². The number of benzene rings is 1. The molecule has 0 aliphatic carbocycles. The van der Waals surface area contributed by atoms with Crippen LogP contribution in [0.1, 0.15) is 58.6 Å². The maximum Gasteiger partial charge on any atom is 0.274 e. The third-order valence-electron chi connectivity index (χ3n) is 7.43. The van der Waals surface area contributed by atoms with Gasteiger partial charge in [-0.15, -0.1) is 0 Å². The number of fused-ring (bicyclic) bond motifs is 2. The van der Waals surface area contributed by atoms with Gasteiger partial charge < -0.3 is 4.90 Å². The SMILES string of the molecule is CCc1[nH]nc(C(=O)N2C[C@@H](c3ccc(C)cc3)[C@@H]3[C@H]2C2CCN3CC2)c1C. The molecule has 4 aliphatic rings. The lowest BCUT2D eigenvalue weighted by Crippen LogP contribution is -2.60. The first-order valence-electron chi connectivity index (χ1n) is 10.7. The first kappa shape index (κ1) is 17.9. The number of carbonyl (C=O) groups is 1. The van der Waals surface area contributed by atoms with E-state index in [9.17, 15) is 4.79 Å². The van der Waals surface area contributed by atoms with E-state index in [0.717, 1.165) is 24.2 Å². The number of likely N-dealkylation sites (tertiary alicyclic amines) is 1. The Morgan fingerprint density at radius 1 is 1.14 bits per heavy atom. The van der Waals surface area contributed by atoms with Gasteiger partial charge in [0.2, 0.25) is 0 Å². The predicted molar refractivity (Wildman–Crippen MR) is 110 cm³/mol. The molecule has 1 aromatic carbocycles. The molecule has 4 saturated heterocycles. The van der Waals surface area contributed by atoms with Crippen LogP contribution in [-0.2, 0) is 6.42 Å². The van der Waals surface area contributed by atoms with E-state index in [1.165, 1.54) is 37.1 Å². The first-order valence-corrected chi connectivity index (χ1v) is 10.7. The Labute approximate surface area is 167 Å². The van der Waals surface area contributed by atoms with E-state index >= 15 is 0 Å². The fourth-order valence-corrected chi connectivity index (χ4v) is 5.88. The van der Waals surface area contributed by atoms with Gasteiger partial charge in [-0.1, -0.05) is 36.8 Å². The number of piperidine rings is 3. The molecule has 6 rings (SSSR count). The van der Waals surface area contributed by atoms with Crippen molar-refractivity contribution in [1.29, 1.82) is 0 Å². The molecule has 1 N–H and O–H groups in total. The summed E-state index contributed by atoms with van der Waals surface area (Å²) >= 11 is 0. The van der Waals surface area contributed by atoms with Crippen LogP contribution in [0.15, 0.2) is 24.3 Å². The van der Waals surface area contributed by atoms with Crippen molar-refractivity contribution in [3.8, 4) is 0 Å². The normalized spacial score (nSPS) is 31.2. The van der Waals surface area contributed by atoms with Crippen molar-refractivity contribution in [2.75, 3.05) is 19.6 Å². The minimum atomic E-state index is 0.117. The number of hydrogen-bond donors (Lipinski definition) is 1. The molecule has 0 unspecified atom stereocenters. The quantitative estimate of drug-likeness (QED) is 0.892. The monoisotopic (exact) mass is 378 g/mol. The average Bonchev–Trinajstić information content (AvgIpc) is 3.31. The zero-order chi connectivity index (χ0) is 19.4. The highest BCUT2D eigenvalue weighted by molar-refractivity contribution is 5.94. The third-order valence-corrected chi connectivity index (χ3v) is 7.43. The van der Waals surface area contributed by atoms with Crippen molar-refractivity contribution >= 4 is 5.91 Å². The molecule has 1 aromatic heterocycles. The van der Waals surface area contributed by atoms with E-state index in [2.05, 4.69) is 58.1 Å². The standard InChI is InChI=1S/C23H30N4O/c1-4-19-15(3)20(25-24-19)23(28)27-13-18(16-7-5-14(2)6-8-16)22-21(27)17-9-11-26(22)12-10-17/h5-8,17-18,21-22H,4,9-13H2,1-3H3,(H,24,25)/t18-,21+,22+/m0/s1. The molecule has 4 fully saturated rings. The fraction of sp³-hybridized carbons (Fsp3) is 0.565. The molecule has 5 heteroatoms. The van der Waals surface area contributed by atoms with Crippen molar-refractivity contribution in [2.24, 2.45) is 5.92 Å². The lowest BCUT2D eigenvalue weighted by Gasteiger charge is -2.51. The number of carbonyl (C=O) groups excluding carboxylic acids is 1. The third kappa shape index (κ3) is 2.63. The Hall–Kier alpha value is -2.14. The Morgan fingerprint density at radius 3 is 2.50 bits per heavy atom. The lowest BCUT2D eigenvalue weighted by molar-refractivity contribution is -0.00360. The van der Waals surface area contributed by atoms with Crippen LogP contribution >= 0.6 is 0 Å². The van der Waals surface area contributed by atoms with E-state index in [-0.39, 0.29) is 5.91 Å². The number of aromatic nitrogens is 2. The summed E-state index contributed by atoms with van der Waals surface area (Å²) < 4.78 is 0. The van der Waals surface area contributed by atoms with Crippen LogP contribution in [0, 0.1) is 19.8 Å². The Morgan fingerprint density at radius 2 is 1.86 bits per heavy atom. The first-order chi connectivity index (χ1) is 13.6. The van der Waals surface area contributed by atoms with E-state index in [4.69, 9.17) is 0 Å². The van der Waals surface area contributed by atoms with Crippen molar-refractivity contribution < 1.29 is 4.79 Å². The van der Waals surface area contributed by atoms with Gasteiger partial charge in [0.15, 0.2) is 5.69 Å². The van der Waals surface area contributed by atoms with Gasteiger partial charge in [-0.05, 0) is 57.7 Å². The minimum Gasteiger partial charge on any atom is -0.332 e. The Kier molecular flexibility index (Phi) is 4.31. The summed E-state index contributed by atoms with van der Waals surface area (Å²) in [5.74, 6) is 1.13. The molecular formula is C23H30N4O. The topological polar surface area (TPSA) is 52.2 Å². The van der Waals surface area contributed by atoms with Gasteiger partial charge in [0.1, 0.15) is 0 Å². The number of nitrogens with one attached hydrogen (secondary N) is 1. The molecule has 28 heavy (non-hydrogen) atoms. The molecule has 2 aromatic rings. The van der Waals surface area contributed by atoms with E-state index < -0.39 is 0 Å². The number of aromatic amines is 1. The number of amides is 1. The maximum absolute atomic E-state index is 13.6. The molecular weight excluding hydrogens is 348 g/mol. The summed E-state index contributed by atoms with van der Waals surface area (Å²) in [5, 5.41) is 7.49. The summed E-state index contributed by atoms with van der Waals surface area (Å²) in [7, 11) is 0. The predicted octanol–water partition coefficient (Wildman–Crippen LogP) is 3.29. The number of H-pyrrole nitrogens is 1. The van der Waals surface area contributed by atoms with Gasteiger partial charge in [0, 0.05) is 29.8 Å². The number of rotatable bonds is 3. The highest BCUT2D eigenvalue weighted by atomic mass is 16.2. The minimum absolute atomic E-state index is 0.117. The molecule has 0 spiro atoms. The molecule has 0 radical (unpaired) electrons. The fourth-order valence-electron chi connectivity index (χ4n) is 5.88. The van der Waals surface area contributed by atoms with Gasteiger partial charge in [0.25, 0.3) is 5.91 Å². The summed E-state index contributed by atoms with van der Waals surface area (Å²) in [6.45, 7) is 9.42. The molecule has 1 amide bonds. The summed E-state index contributed by atoms with van der Waals surface area (Å²) in [5.41, 5.74) is 5.37. The highest BCUT2D eigenvalue weighted by Crippen LogP contribution is 2.47. The number of nitrogens with zero attached hydrogens (tertiary/aromatic N) is 3.